The Bertz CT molecular complexity index is 944. The van der Waals surface area contributed by atoms with Gasteiger partial charge in [0.2, 0.25) is 0 Å². The van der Waals surface area contributed by atoms with Gasteiger partial charge in [-0.25, -0.2) is 13.8 Å². The molecule has 28 heavy (non-hydrogen) atoms. The Kier molecular flexibility index (Phi) is 5.99. The summed E-state index contributed by atoms with van der Waals surface area (Å²) in [6, 6.07) is 16.7. The van der Waals surface area contributed by atoms with Gasteiger partial charge in [-0.15, -0.1) is 0 Å². The first-order valence-electron chi connectivity index (χ1n) is 8.97. The van der Waals surface area contributed by atoms with Gasteiger partial charge in [-0.1, -0.05) is 30.3 Å². The first-order chi connectivity index (χ1) is 13.4. The number of amides is 1. The van der Waals surface area contributed by atoms with E-state index in [0.29, 0.717) is 6.54 Å². The third-order valence-electron chi connectivity index (χ3n) is 4.31. The molecule has 0 atom stereocenters. The fourth-order valence-corrected chi connectivity index (χ4v) is 2.82. The summed E-state index contributed by atoms with van der Waals surface area (Å²) >= 11 is 0. The first kappa shape index (κ1) is 19.5. The average Bonchev–Trinajstić information content (AvgIpc) is 2.69. The summed E-state index contributed by atoms with van der Waals surface area (Å²) in [5, 5.41) is 2.41. The van der Waals surface area contributed by atoms with E-state index < -0.39 is 17.5 Å². The molecule has 0 unspecified atom stereocenters. The highest BCUT2D eigenvalue weighted by molar-refractivity contribution is 6.03. The van der Waals surface area contributed by atoms with Crippen molar-refractivity contribution in [2.75, 3.05) is 10.2 Å². The number of benzene rings is 2. The molecule has 0 aliphatic rings. The van der Waals surface area contributed by atoms with Crippen LogP contribution in [0, 0.1) is 11.6 Å². The Hall–Kier alpha value is -3.28. The lowest BCUT2D eigenvalue weighted by Gasteiger charge is -2.29. The van der Waals surface area contributed by atoms with Gasteiger partial charge in [-0.05, 0) is 43.7 Å². The van der Waals surface area contributed by atoms with E-state index in [9.17, 15) is 13.6 Å². The summed E-state index contributed by atoms with van der Waals surface area (Å²) in [7, 11) is 0. The minimum absolute atomic E-state index is 0.0924. The number of halogens is 2. The number of carbonyl (C=O) groups is 1. The number of nitrogens with one attached hydrogen (secondary N) is 1. The predicted octanol–water partition coefficient (Wildman–Crippen LogP) is 5.03. The summed E-state index contributed by atoms with van der Waals surface area (Å²) < 4.78 is 26.7. The molecule has 0 bridgehead atoms. The van der Waals surface area contributed by atoms with Crippen LogP contribution in [0.2, 0.25) is 0 Å². The lowest BCUT2D eigenvalue weighted by molar-refractivity contribution is 0.102. The van der Waals surface area contributed by atoms with Crippen molar-refractivity contribution in [3.05, 3.63) is 89.8 Å². The van der Waals surface area contributed by atoms with Crippen molar-refractivity contribution in [3.8, 4) is 0 Å². The number of aromatic nitrogens is 1. The zero-order valence-electron chi connectivity index (χ0n) is 15.7. The third kappa shape index (κ3) is 4.71. The fraction of sp³-hybridized carbons (Fsp3) is 0.182. The number of pyridine rings is 1. The number of anilines is 2. The SMILES string of the molecule is CC(C)N(Cc1ccccc1)c1ccc(C(=O)Nc2ccc(F)cc2F)nc1. The third-order valence-corrected chi connectivity index (χ3v) is 4.31. The van der Waals surface area contributed by atoms with Crippen LogP contribution in [0.25, 0.3) is 0 Å². The van der Waals surface area contributed by atoms with Gasteiger partial charge in [0.15, 0.2) is 0 Å². The summed E-state index contributed by atoms with van der Waals surface area (Å²) in [5.41, 5.74) is 2.11. The van der Waals surface area contributed by atoms with Crippen molar-refractivity contribution in [2.45, 2.75) is 26.4 Å². The zero-order chi connectivity index (χ0) is 20.1. The second-order valence-corrected chi connectivity index (χ2v) is 6.69. The summed E-state index contributed by atoms with van der Waals surface area (Å²) in [5.74, 6) is -2.10. The van der Waals surface area contributed by atoms with Crippen molar-refractivity contribution in [3.63, 3.8) is 0 Å². The highest BCUT2D eigenvalue weighted by Crippen LogP contribution is 2.20. The Morgan fingerprint density at radius 2 is 1.82 bits per heavy atom. The van der Waals surface area contributed by atoms with Gasteiger partial charge >= 0.3 is 0 Å². The van der Waals surface area contributed by atoms with Crippen molar-refractivity contribution < 1.29 is 13.6 Å². The van der Waals surface area contributed by atoms with Crippen LogP contribution in [0.5, 0.6) is 0 Å². The Balaban J connectivity index is 1.74. The quantitative estimate of drug-likeness (QED) is 0.652. The van der Waals surface area contributed by atoms with Gasteiger partial charge in [-0.2, -0.15) is 0 Å². The standard InChI is InChI=1S/C22H21F2N3O/c1-15(2)27(14-16-6-4-3-5-7-16)18-9-11-21(25-13-18)22(28)26-20-10-8-17(23)12-19(20)24/h3-13,15H,14H2,1-2H3,(H,26,28). The second-order valence-electron chi connectivity index (χ2n) is 6.69. The van der Waals surface area contributed by atoms with E-state index in [1.54, 1.807) is 12.3 Å². The Morgan fingerprint density at radius 3 is 2.43 bits per heavy atom. The van der Waals surface area contributed by atoms with Crippen molar-refractivity contribution in [1.82, 2.24) is 4.98 Å². The Morgan fingerprint density at radius 1 is 1.07 bits per heavy atom. The van der Waals surface area contributed by atoms with E-state index >= 15 is 0 Å². The zero-order valence-corrected chi connectivity index (χ0v) is 15.7. The molecular weight excluding hydrogens is 360 g/mol. The van der Waals surface area contributed by atoms with Crippen LogP contribution in [-0.4, -0.2) is 16.9 Å². The van der Waals surface area contributed by atoms with Gasteiger partial charge in [0.05, 0.1) is 17.6 Å². The van der Waals surface area contributed by atoms with Crippen molar-refractivity contribution in [2.24, 2.45) is 0 Å². The van der Waals surface area contributed by atoms with E-state index in [1.807, 2.05) is 24.3 Å². The smallest absolute Gasteiger partial charge is 0.274 e. The number of carbonyl (C=O) groups excluding carboxylic acids is 1. The summed E-state index contributed by atoms with van der Waals surface area (Å²) in [6.07, 6.45) is 1.62. The van der Waals surface area contributed by atoms with E-state index in [4.69, 9.17) is 0 Å². The van der Waals surface area contributed by atoms with Crippen LogP contribution in [0.3, 0.4) is 0 Å². The minimum atomic E-state index is -0.834. The number of nitrogens with zero attached hydrogens (tertiary/aromatic N) is 2. The normalized spacial score (nSPS) is 10.8. The molecule has 3 rings (SSSR count). The number of hydrogen-bond donors (Lipinski definition) is 1. The van der Waals surface area contributed by atoms with Gasteiger partial charge < -0.3 is 10.2 Å². The number of rotatable bonds is 6. The minimum Gasteiger partial charge on any atom is -0.364 e. The highest BCUT2D eigenvalue weighted by atomic mass is 19.1. The van der Waals surface area contributed by atoms with E-state index in [-0.39, 0.29) is 17.4 Å². The molecule has 0 spiro atoms. The maximum atomic E-state index is 13.7. The number of hydrogen-bond acceptors (Lipinski definition) is 3. The average molecular weight is 381 g/mol. The fourth-order valence-electron chi connectivity index (χ4n) is 2.82. The molecule has 6 heteroatoms. The summed E-state index contributed by atoms with van der Waals surface area (Å²) in [4.78, 5) is 18.7. The van der Waals surface area contributed by atoms with Gasteiger partial charge in [0, 0.05) is 18.7 Å². The van der Waals surface area contributed by atoms with Crippen LogP contribution in [0.4, 0.5) is 20.2 Å². The molecule has 0 saturated heterocycles. The molecule has 4 nitrogen and oxygen atoms in total. The van der Waals surface area contributed by atoms with Crippen molar-refractivity contribution >= 4 is 17.3 Å². The monoisotopic (exact) mass is 381 g/mol. The molecule has 0 aliphatic heterocycles. The van der Waals surface area contributed by atoms with Gasteiger partial charge in [0.1, 0.15) is 17.3 Å². The van der Waals surface area contributed by atoms with Crippen LogP contribution < -0.4 is 10.2 Å². The molecule has 0 radical (unpaired) electrons. The molecule has 144 valence electrons. The second kappa shape index (κ2) is 8.61. The molecule has 0 saturated carbocycles. The topological polar surface area (TPSA) is 45.2 Å². The first-order valence-corrected chi connectivity index (χ1v) is 8.97. The van der Waals surface area contributed by atoms with Gasteiger partial charge in [0.25, 0.3) is 5.91 Å². The van der Waals surface area contributed by atoms with Crippen LogP contribution in [0.15, 0.2) is 66.9 Å². The molecule has 3 aromatic rings. The summed E-state index contributed by atoms with van der Waals surface area (Å²) in [6.45, 7) is 4.88. The van der Waals surface area contributed by atoms with E-state index in [2.05, 4.69) is 41.2 Å². The maximum absolute atomic E-state index is 13.7. The molecule has 1 aromatic heterocycles. The largest absolute Gasteiger partial charge is 0.364 e. The molecule has 2 aromatic carbocycles. The maximum Gasteiger partial charge on any atom is 0.274 e. The molecule has 0 fully saturated rings. The molecular formula is C22H21F2N3O. The molecule has 1 N–H and O–H groups in total. The lowest BCUT2D eigenvalue weighted by Crippen LogP contribution is -2.30. The molecule has 0 aliphatic carbocycles. The lowest BCUT2D eigenvalue weighted by atomic mass is 10.1. The van der Waals surface area contributed by atoms with Gasteiger partial charge in [-0.3, -0.25) is 4.79 Å². The predicted molar refractivity (Wildman–Crippen MR) is 106 cm³/mol. The van der Waals surface area contributed by atoms with E-state index in [1.165, 1.54) is 11.6 Å². The van der Waals surface area contributed by atoms with Crippen molar-refractivity contribution in [1.29, 1.82) is 0 Å². The highest BCUT2D eigenvalue weighted by Gasteiger charge is 2.15. The van der Waals surface area contributed by atoms with Crippen LogP contribution >= 0.6 is 0 Å². The molecule has 1 heterocycles. The van der Waals surface area contributed by atoms with Crippen LogP contribution in [-0.2, 0) is 6.54 Å². The van der Waals surface area contributed by atoms with E-state index in [0.717, 1.165) is 17.8 Å². The Labute approximate surface area is 162 Å². The van der Waals surface area contributed by atoms with Crippen LogP contribution in [0.1, 0.15) is 29.9 Å². The molecule has 1 amide bonds.